The molecular weight excluding hydrogens is 318 g/mol. The van der Waals surface area contributed by atoms with Crippen LogP contribution in [-0.4, -0.2) is 36.2 Å². The van der Waals surface area contributed by atoms with Crippen LogP contribution >= 0.6 is 0 Å². The molecule has 1 aromatic rings. The Labute approximate surface area is 135 Å². The van der Waals surface area contributed by atoms with E-state index >= 15 is 0 Å². The Bertz CT molecular complexity index is 702. The van der Waals surface area contributed by atoms with Crippen molar-refractivity contribution < 1.29 is 23.1 Å². The Morgan fingerprint density at radius 3 is 2.17 bits per heavy atom. The lowest BCUT2D eigenvalue weighted by Gasteiger charge is -2.28. The summed E-state index contributed by atoms with van der Waals surface area (Å²) in [5, 5.41) is 11.3. The van der Waals surface area contributed by atoms with Gasteiger partial charge in [0.2, 0.25) is 5.91 Å². The molecule has 0 unspecified atom stereocenters. The number of benzene rings is 1. The van der Waals surface area contributed by atoms with Crippen LogP contribution in [0.1, 0.15) is 38.2 Å². The van der Waals surface area contributed by atoms with Crippen molar-refractivity contribution in [1.82, 2.24) is 5.32 Å². The number of hydrogen-bond acceptors (Lipinski definition) is 4. The molecule has 0 aliphatic heterocycles. The zero-order valence-corrected chi connectivity index (χ0v) is 14.0. The molecule has 1 aromatic carbocycles. The van der Waals surface area contributed by atoms with Gasteiger partial charge in [-0.25, -0.2) is 8.42 Å². The Hall–Kier alpha value is -1.89. The van der Waals surface area contributed by atoms with Gasteiger partial charge >= 0.3 is 5.97 Å². The summed E-state index contributed by atoms with van der Waals surface area (Å²) >= 11 is 0. The maximum Gasteiger partial charge on any atom is 0.325 e. The van der Waals surface area contributed by atoms with Crippen molar-refractivity contribution in [1.29, 1.82) is 0 Å². The molecule has 0 aromatic heterocycles. The molecule has 2 rings (SSSR count). The molecule has 1 saturated carbocycles. The topological polar surface area (TPSA) is 101 Å². The van der Waals surface area contributed by atoms with Crippen LogP contribution in [0.5, 0.6) is 0 Å². The monoisotopic (exact) mass is 339 g/mol. The minimum absolute atomic E-state index is 0.100. The molecule has 0 bridgehead atoms. The first-order valence-electron chi connectivity index (χ1n) is 7.56. The van der Waals surface area contributed by atoms with Crippen molar-refractivity contribution in [3.05, 3.63) is 29.8 Å². The fourth-order valence-corrected chi connectivity index (χ4v) is 4.97. The number of hydrogen-bond donors (Lipinski definition) is 2. The van der Waals surface area contributed by atoms with E-state index in [2.05, 4.69) is 5.32 Å². The highest BCUT2D eigenvalue weighted by Gasteiger charge is 2.53. The van der Waals surface area contributed by atoms with E-state index in [1.807, 2.05) is 6.92 Å². The normalized spacial score (nSPS) is 18.3. The van der Waals surface area contributed by atoms with Crippen LogP contribution in [0, 0.1) is 6.92 Å². The van der Waals surface area contributed by atoms with Crippen LogP contribution in [0.25, 0.3) is 0 Å². The largest absolute Gasteiger partial charge is 0.480 e. The number of carbonyl (C=O) groups is 2. The van der Waals surface area contributed by atoms with Crippen molar-refractivity contribution >= 4 is 21.7 Å². The highest BCUT2D eigenvalue weighted by Crippen LogP contribution is 2.40. The van der Waals surface area contributed by atoms with Crippen molar-refractivity contribution in [3.63, 3.8) is 0 Å². The Morgan fingerprint density at radius 2 is 1.70 bits per heavy atom. The number of rotatable bonds is 5. The van der Waals surface area contributed by atoms with Crippen LogP contribution in [0.4, 0.5) is 0 Å². The minimum atomic E-state index is -3.89. The smallest absolute Gasteiger partial charge is 0.325 e. The first-order valence-corrected chi connectivity index (χ1v) is 9.04. The van der Waals surface area contributed by atoms with Crippen molar-refractivity contribution in [3.8, 4) is 0 Å². The molecule has 0 heterocycles. The van der Waals surface area contributed by atoms with Crippen molar-refractivity contribution in [2.75, 3.05) is 0 Å². The third-order valence-electron chi connectivity index (χ3n) is 4.39. The second kappa shape index (κ2) is 6.31. The summed E-state index contributed by atoms with van der Waals surface area (Å²) in [6.45, 7) is 3.17. The first kappa shape index (κ1) is 17.5. The second-order valence-corrected chi connectivity index (χ2v) is 8.31. The molecule has 126 valence electrons. The van der Waals surface area contributed by atoms with Gasteiger partial charge in [-0.3, -0.25) is 9.59 Å². The Morgan fingerprint density at radius 1 is 1.17 bits per heavy atom. The van der Waals surface area contributed by atoms with E-state index in [-0.39, 0.29) is 17.7 Å². The highest BCUT2D eigenvalue weighted by molar-refractivity contribution is 7.93. The predicted octanol–water partition coefficient (Wildman–Crippen LogP) is 1.67. The minimum Gasteiger partial charge on any atom is -0.480 e. The summed E-state index contributed by atoms with van der Waals surface area (Å²) in [5.41, 5.74) is 0.924. The molecule has 1 fully saturated rings. The molecule has 0 spiro atoms. The van der Waals surface area contributed by atoms with Crippen LogP contribution < -0.4 is 5.32 Å². The summed E-state index contributed by atoms with van der Waals surface area (Å²) in [4.78, 5) is 23.7. The van der Waals surface area contributed by atoms with Gasteiger partial charge in [0.05, 0.1) is 4.90 Å². The van der Waals surface area contributed by atoms with Gasteiger partial charge in [-0.1, -0.05) is 30.5 Å². The zero-order chi connectivity index (χ0) is 17.3. The van der Waals surface area contributed by atoms with Gasteiger partial charge in [0, 0.05) is 0 Å². The van der Waals surface area contributed by atoms with E-state index in [0.29, 0.717) is 12.8 Å². The number of aliphatic carboxylic acids is 1. The Balaban J connectivity index is 2.42. The van der Waals surface area contributed by atoms with E-state index in [9.17, 15) is 18.0 Å². The number of aryl methyl sites for hydroxylation is 1. The summed E-state index contributed by atoms with van der Waals surface area (Å²) in [7, 11) is -3.89. The molecule has 2 N–H and O–H groups in total. The maximum atomic E-state index is 13.1. The molecule has 0 saturated heterocycles. The Kier molecular flexibility index (Phi) is 4.79. The zero-order valence-electron chi connectivity index (χ0n) is 13.2. The van der Waals surface area contributed by atoms with Crippen LogP contribution in [0.15, 0.2) is 29.2 Å². The molecule has 7 heteroatoms. The lowest BCUT2D eigenvalue weighted by atomic mass is 10.1. The van der Waals surface area contributed by atoms with Gasteiger partial charge in [0.15, 0.2) is 14.6 Å². The molecule has 6 nitrogen and oxygen atoms in total. The SMILES string of the molecule is Cc1ccc(S(=O)(=O)C2(C(=O)N[C@@H](C)C(=O)O)CCCC2)cc1. The van der Waals surface area contributed by atoms with Gasteiger partial charge in [-0.15, -0.1) is 0 Å². The van der Waals surface area contributed by atoms with E-state index in [1.54, 1.807) is 12.1 Å². The van der Waals surface area contributed by atoms with Gasteiger partial charge in [0.1, 0.15) is 6.04 Å². The van der Waals surface area contributed by atoms with E-state index < -0.39 is 32.5 Å². The number of amides is 1. The number of carbonyl (C=O) groups excluding carboxylic acids is 1. The average molecular weight is 339 g/mol. The fraction of sp³-hybridized carbons (Fsp3) is 0.500. The van der Waals surface area contributed by atoms with Crippen LogP contribution in [-0.2, 0) is 19.4 Å². The number of carboxylic acids is 1. The standard InChI is InChI=1S/C16H21NO5S/c1-11-5-7-13(8-6-11)23(21,22)16(9-3-4-10-16)15(20)17-12(2)14(18)19/h5-8,12H,3-4,9-10H2,1-2H3,(H,17,20)(H,18,19)/t12-/m0/s1. The van der Waals surface area contributed by atoms with Crippen LogP contribution in [0.2, 0.25) is 0 Å². The lowest BCUT2D eigenvalue weighted by molar-refractivity contribution is -0.141. The summed E-state index contributed by atoms with van der Waals surface area (Å²) in [5.74, 6) is -1.91. The predicted molar refractivity (Wildman–Crippen MR) is 84.8 cm³/mol. The number of sulfone groups is 1. The van der Waals surface area contributed by atoms with E-state index in [1.165, 1.54) is 19.1 Å². The quantitative estimate of drug-likeness (QED) is 0.850. The maximum absolute atomic E-state index is 13.1. The number of nitrogens with one attached hydrogen (secondary N) is 1. The average Bonchev–Trinajstić information content (AvgIpc) is 2.98. The fourth-order valence-electron chi connectivity index (χ4n) is 2.90. The molecule has 23 heavy (non-hydrogen) atoms. The molecule has 1 amide bonds. The highest BCUT2D eigenvalue weighted by atomic mass is 32.2. The number of carboxylic acid groups (broad SMARTS) is 1. The summed E-state index contributed by atoms with van der Waals surface area (Å²) in [6, 6.07) is 5.24. The molecular formula is C16H21NO5S. The van der Waals surface area contributed by atoms with Gasteiger partial charge in [0.25, 0.3) is 0 Å². The van der Waals surface area contributed by atoms with Gasteiger partial charge in [-0.05, 0) is 38.8 Å². The van der Waals surface area contributed by atoms with E-state index in [4.69, 9.17) is 5.11 Å². The van der Waals surface area contributed by atoms with Crippen molar-refractivity contribution in [2.45, 2.75) is 55.2 Å². The van der Waals surface area contributed by atoms with Crippen molar-refractivity contribution in [2.24, 2.45) is 0 Å². The molecule has 0 radical (unpaired) electrons. The first-order chi connectivity index (χ1) is 10.7. The second-order valence-electron chi connectivity index (χ2n) is 6.05. The third kappa shape index (κ3) is 3.10. The summed E-state index contributed by atoms with van der Waals surface area (Å²) < 4.78 is 24.5. The summed E-state index contributed by atoms with van der Waals surface area (Å²) in [6.07, 6.45) is 1.67. The molecule has 1 aliphatic rings. The van der Waals surface area contributed by atoms with Crippen LogP contribution in [0.3, 0.4) is 0 Å². The van der Waals surface area contributed by atoms with Gasteiger partial charge in [-0.2, -0.15) is 0 Å². The molecule has 1 atom stereocenters. The molecule has 1 aliphatic carbocycles. The third-order valence-corrected chi connectivity index (χ3v) is 6.90. The van der Waals surface area contributed by atoms with Gasteiger partial charge < -0.3 is 10.4 Å². The lowest BCUT2D eigenvalue weighted by Crippen LogP contribution is -2.54. The van der Waals surface area contributed by atoms with E-state index in [0.717, 1.165) is 5.56 Å².